The van der Waals surface area contributed by atoms with E-state index in [0.717, 1.165) is 13.8 Å². The van der Waals surface area contributed by atoms with E-state index in [1.807, 2.05) is 0 Å². The lowest BCUT2D eigenvalue weighted by molar-refractivity contribution is -0.144. The normalized spacial score (nSPS) is 13.7. The standard InChI is InChI=1S/C17H16F6N2O6/c1-7(24-13(27)8(2)25-15(29)30)11(26)6-31-14(28)12-9(16(18,19)20)4-3-5-10(12)17(21,22)23/h3-5,7-8,25H,6H2,1-2H3,(H,24,27)(H,29,30)/t7-,8-/m0/s1. The fraction of sp³-hybridized carbons (Fsp3) is 0.412. The van der Waals surface area contributed by atoms with E-state index in [1.165, 1.54) is 0 Å². The number of ether oxygens (including phenoxy) is 1. The van der Waals surface area contributed by atoms with E-state index in [9.17, 15) is 45.5 Å². The molecule has 0 aliphatic rings. The van der Waals surface area contributed by atoms with Crippen molar-refractivity contribution in [1.29, 1.82) is 0 Å². The number of amides is 2. The Labute approximate surface area is 170 Å². The molecule has 0 fully saturated rings. The number of hydrogen-bond acceptors (Lipinski definition) is 5. The molecule has 1 aromatic rings. The van der Waals surface area contributed by atoms with Crippen molar-refractivity contribution in [2.24, 2.45) is 0 Å². The number of benzene rings is 1. The molecule has 0 radical (unpaired) electrons. The Morgan fingerprint density at radius 1 is 0.935 bits per heavy atom. The van der Waals surface area contributed by atoms with Gasteiger partial charge in [0.25, 0.3) is 0 Å². The minimum Gasteiger partial charge on any atom is -0.465 e. The minimum absolute atomic E-state index is 0.257. The maximum atomic E-state index is 13.1. The van der Waals surface area contributed by atoms with Gasteiger partial charge in [-0.1, -0.05) is 6.07 Å². The van der Waals surface area contributed by atoms with E-state index in [0.29, 0.717) is 6.07 Å². The highest BCUT2D eigenvalue weighted by atomic mass is 19.4. The molecule has 0 bridgehead atoms. The lowest BCUT2D eigenvalue weighted by Gasteiger charge is -2.19. The van der Waals surface area contributed by atoms with Gasteiger partial charge in [0.05, 0.1) is 22.7 Å². The van der Waals surface area contributed by atoms with Crippen LogP contribution in [-0.2, 0) is 26.7 Å². The first-order valence-electron chi connectivity index (χ1n) is 8.32. The average molecular weight is 458 g/mol. The number of carboxylic acid groups (broad SMARTS) is 1. The van der Waals surface area contributed by atoms with Crippen LogP contribution in [0.15, 0.2) is 18.2 Å². The zero-order valence-corrected chi connectivity index (χ0v) is 15.9. The molecule has 2 amide bonds. The number of rotatable bonds is 7. The second kappa shape index (κ2) is 9.66. The van der Waals surface area contributed by atoms with Crippen LogP contribution in [0.5, 0.6) is 0 Å². The Bertz CT molecular complexity index is 835. The first-order chi connectivity index (χ1) is 14.1. The Morgan fingerprint density at radius 3 is 1.84 bits per heavy atom. The van der Waals surface area contributed by atoms with Gasteiger partial charge in [0.15, 0.2) is 12.4 Å². The van der Waals surface area contributed by atoms with Gasteiger partial charge in [-0.25, -0.2) is 9.59 Å². The van der Waals surface area contributed by atoms with Gasteiger partial charge < -0.3 is 20.5 Å². The lowest BCUT2D eigenvalue weighted by Crippen LogP contribution is -2.49. The van der Waals surface area contributed by atoms with Gasteiger partial charge in [0.1, 0.15) is 6.04 Å². The summed E-state index contributed by atoms with van der Waals surface area (Å²) in [6, 6.07) is -1.68. The van der Waals surface area contributed by atoms with Crippen molar-refractivity contribution in [3.63, 3.8) is 0 Å². The molecule has 14 heteroatoms. The summed E-state index contributed by atoms with van der Waals surface area (Å²) in [6.07, 6.45) is -12.2. The van der Waals surface area contributed by atoms with Crippen LogP contribution in [0.25, 0.3) is 0 Å². The maximum absolute atomic E-state index is 13.1. The summed E-state index contributed by atoms with van der Waals surface area (Å²) in [5.41, 5.74) is -5.59. The number of esters is 1. The molecule has 172 valence electrons. The predicted octanol–water partition coefficient (Wildman–Crippen LogP) is 2.61. The fourth-order valence-electron chi connectivity index (χ4n) is 2.25. The number of Topliss-reactive ketones (excluding diaryl/α,β-unsaturated/α-hetero) is 1. The highest BCUT2D eigenvalue weighted by Crippen LogP contribution is 2.39. The summed E-state index contributed by atoms with van der Waals surface area (Å²) in [5.74, 6) is -4.05. The van der Waals surface area contributed by atoms with Gasteiger partial charge in [-0.15, -0.1) is 0 Å². The van der Waals surface area contributed by atoms with Crippen molar-refractivity contribution >= 4 is 23.8 Å². The van der Waals surface area contributed by atoms with Crippen molar-refractivity contribution in [1.82, 2.24) is 10.6 Å². The van der Waals surface area contributed by atoms with Gasteiger partial charge in [-0.2, -0.15) is 26.3 Å². The topological polar surface area (TPSA) is 122 Å². The third-order valence-corrected chi connectivity index (χ3v) is 3.80. The number of ketones is 1. The zero-order chi connectivity index (χ0) is 24.1. The van der Waals surface area contributed by atoms with E-state index < -0.39 is 71.5 Å². The third-order valence-electron chi connectivity index (χ3n) is 3.80. The molecule has 0 aliphatic carbocycles. The predicted molar refractivity (Wildman–Crippen MR) is 90.0 cm³/mol. The second-order valence-corrected chi connectivity index (χ2v) is 6.17. The summed E-state index contributed by atoms with van der Waals surface area (Å²) in [5, 5.41) is 12.4. The zero-order valence-electron chi connectivity index (χ0n) is 15.9. The maximum Gasteiger partial charge on any atom is 0.417 e. The van der Waals surface area contributed by atoms with Crippen LogP contribution in [0.1, 0.15) is 35.3 Å². The van der Waals surface area contributed by atoms with Gasteiger partial charge >= 0.3 is 24.4 Å². The largest absolute Gasteiger partial charge is 0.465 e. The van der Waals surface area contributed by atoms with E-state index in [2.05, 4.69) is 10.1 Å². The number of carbonyl (C=O) groups is 4. The summed E-state index contributed by atoms with van der Waals surface area (Å²) in [6.45, 7) is 0.990. The smallest absolute Gasteiger partial charge is 0.417 e. The molecule has 0 spiro atoms. The van der Waals surface area contributed by atoms with Gasteiger partial charge in [-0.05, 0) is 26.0 Å². The number of alkyl halides is 6. The van der Waals surface area contributed by atoms with Crippen LogP contribution >= 0.6 is 0 Å². The lowest BCUT2D eigenvalue weighted by atomic mass is 10.00. The van der Waals surface area contributed by atoms with Crippen LogP contribution in [0.3, 0.4) is 0 Å². The second-order valence-electron chi connectivity index (χ2n) is 6.17. The van der Waals surface area contributed by atoms with Crippen molar-refractivity contribution in [3.05, 3.63) is 34.9 Å². The first kappa shape index (κ1) is 25.7. The molecule has 31 heavy (non-hydrogen) atoms. The van der Waals surface area contributed by atoms with Crippen molar-refractivity contribution in [2.45, 2.75) is 38.3 Å². The molecular formula is C17H16F6N2O6. The van der Waals surface area contributed by atoms with Crippen LogP contribution < -0.4 is 10.6 Å². The number of halogens is 6. The minimum atomic E-state index is -5.31. The van der Waals surface area contributed by atoms with Crippen molar-refractivity contribution in [2.75, 3.05) is 6.61 Å². The molecule has 3 N–H and O–H groups in total. The number of nitrogens with one attached hydrogen (secondary N) is 2. The molecule has 8 nitrogen and oxygen atoms in total. The van der Waals surface area contributed by atoms with Crippen LogP contribution in [0.2, 0.25) is 0 Å². The Balaban J connectivity index is 2.97. The molecule has 0 heterocycles. The quantitative estimate of drug-likeness (QED) is 0.427. The van der Waals surface area contributed by atoms with Crippen molar-refractivity contribution < 1.29 is 55.4 Å². The molecule has 0 saturated heterocycles. The van der Waals surface area contributed by atoms with Gasteiger partial charge in [-0.3, -0.25) is 9.59 Å². The summed E-state index contributed by atoms with van der Waals surface area (Å²) >= 11 is 0. The monoisotopic (exact) mass is 458 g/mol. The van der Waals surface area contributed by atoms with E-state index in [-0.39, 0.29) is 12.1 Å². The number of carbonyl (C=O) groups excluding carboxylic acids is 3. The Kier molecular flexibility index (Phi) is 8.01. The van der Waals surface area contributed by atoms with Crippen LogP contribution in [-0.4, -0.2) is 47.6 Å². The van der Waals surface area contributed by atoms with Crippen LogP contribution in [0.4, 0.5) is 31.1 Å². The highest BCUT2D eigenvalue weighted by Gasteiger charge is 2.43. The third kappa shape index (κ3) is 7.15. The Hall–Kier alpha value is -3.32. The molecule has 0 unspecified atom stereocenters. The van der Waals surface area contributed by atoms with E-state index in [4.69, 9.17) is 5.11 Å². The molecule has 0 saturated carbocycles. The van der Waals surface area contributed by atoms with Gasteiger partial charge in [0, 0.05) is 0 Å². The summed E-state index contributed by atoms with van der Waals surface area (Å²) in [7, 11) is 0. The Morgan fingerprint density at radius 2 is 1.42 bits per heavy atom. The van der Waals surface area contributed by atoms with Crippen LogP contribution in [0, 0.1) is 0 Å². The fourth-order valence-corrected chi connectivity index (χ4v) is 2.25. The average Bonchev–Trinajstić information content (AvgIpc) is 2.62. The molecule has 1 aromatic carbocycles. The first-order valence-corrected chi connectivity index (χ1v) is 8.32. The van der Waals surface area contributed by atoms with E-state index in [1.54, 1.807) is 5.32 Å². The summed E-state index contributed by atoms with van der Waals surface area (Å²) < 4.78 is 82.8. The van der Waals surface area contributed by atoms with Crippen molar-refractivity contribution in [3.8, 4) is 0 Å². The molecule has 0 aromatic heterocycles. The molecule has 1 rings (SSSR count). The molecule has 2 atom stereocenters. The van der Waals surface area contributed by atoms with Gasteiger partial charge in [0.2, 0.25) is 5.91 Å². The number of hydrogen-bond donors (Lipinski definition) is 3. The molecular weight excluding hydrogens is 442 g/mol. The van der Waals surface area contributed by atoms with E-state index >= 15 is 0 Å². The highest BCUT2D eigenvalue weighted by molar-refractivity contribution is 5.96. The summed E-state index contributed by atoms with van der Waals surface area (Å²) in [4.78, 5) is 46.2. The molecule has 0 aliphatic heterocycles. The SMILES string of the molecule is C[C@H](NC(=O)[C@H](C)NC(=O)O)C(=O)COC(=O)c1c(C(F)(F)F)cccc1C(F)(F)F.